The van der Waals surface area contributed by atoms with E-state index < -0.39 is 43.5 Å². The number of nitro groups is 2. The van der Waals surface area contributed by atoms with E-state index in [1.165, 1.54) is 54.6 Å². The van der Waals surface area contributed by atoms with Crippen molar-refractivity contribution in [3.05, 3.63) is 183 Å². The number of amides is 6. The maximum absolute atomic E-state index is 12.5. The van der Waals surface area contributed by atoms with E-state index >= 15 is 0 Å². The lowest BCUT2D eigenvalue weighted by molar-refractivity contribution is -0.385. The molecule has 0 bridgehead atoms. The maximum Gasteiger partial charge on any atom is 0.319 e. The summed E-state index contributed by atoms with van der Waals surface area (Å²) in [5.41, 5.74) is 1.67. The van der Waals surface area contributed by atoms with Gasteiger partial charge >= 0.3 is 18.1 Å². The number of non-ortho nitro benzene ring substituents is 2. The van der Waals surface area contributed by atoms with Crippen LogP contribution in [0.15, 0.2) is 150 Å². The second kappa shape index (κ2) is 29.0. The molecule has 24 heteroatoms. The van der Waals surface area contributed by atoms with Crippen LogP contribution in [0.1, 0.15) is 58.2 Å². The summed E-state index contributed by atoms with van der Waals surface area (Å²) in [5.74, 6) is -0.761. The summed E-state index contributed by atoms with van der Waals surface area (Å²) in [6, 6.07) is 38.4. The van der Waals surface area contributed by atoms with Crippen LogP contribution in [-0.4, -0.2) is 76.9 Å². The molecule has 0 fully saturated rings. The van der Waals surface area contributed by atoms with Crippen molar-refractivity contribution in [1.82, 2.24) is 16.0 Å². The molecule has 0 saturated heterocycles. The lowest BCUT2D eigenvalue weighted by Crippen LogP contribution is -2.48. The Balaban J connectivity index is 0.000000249. The van der Waals surface area contributed by atoms with Gasteiger partial charge < -0.3 is 51.6 Å². The number of benzene rings is 6. The predicted octanol–water partition coefficient (Wildman–Crippen LogP) is 9.72. The van der Waals surface area contributed by atoms with Crippen LogP contribution in [-0.2, 0) is 32.7 Å². The summed E-state index contributed by atoms with van der Waals surface area (Å²) in [4.78, 5) is 56.2. The van der Waals surface area contributed by atoms with E-state index in [0.29, 0.717) is 13.2 Å². The molecule has 0 aliphatic heterocycles. The number of nitro benzene ring substituents is 2. The molecule has 0 radical (unpaired) electrons. The first-order valence-electron chi connectivity index (χ1n) is 23.5. The van der Waals surface area contributed by atoms with Gasteiger partial charge in [0.2, 0.25) is 0 Å². The van der Waals surface area contributed by atoms with Gasteiger partial charge in [-0.3, -0.25) is 25.0 Å². The van der Waals surface area contributed by atoms with E-state index in [0.717, 1.165) is 23.3 Å². The monoisotopic (exact) mass is 1080 g/mol. The number of hydrogen-bond acceptors (Lipinski definition) is 14. The van der Waals surface area contributed by atoms with Crippen LogP contribution in [0.2, 0.25) is 0 Å². The molecule has 0 aromatic heterocycles. The van der Waals surface area contributed by atoms with Gasteiger partial charge in [0.05, 0.1) is 98.8 Å². The fraction of sp³-hybridized carbons (Fsp3) is 0.245. The molecule has 406 valence electrons. The van der Waals surface area contributed by atoms with Crippen LogP contribution >= 0.6 is 0 Å². The third-order valence-electron chi connectivity index (χ3n) is 10.4. The Kier molecular flexibility index (Phi) is 22.7. The second-order valence-corrected chi connectivity index (χ2v) is 19.5. The van der Waals surface area contributed by atoms with Crippen molar-refractivity contribution in [2.75, 3.05) is 27.3 Å². The molecule has 6 amide bonds. The number of nitrogens with one attached hydrogen (secondary N) is 7. The van der Waals surface area contributed by atoms with Crippen LogP contribution < -0.4 is 36.6 Å². The highest BCUT2D eigenvalue weighted by atomic mass is 32.2. The van der Waals surface area contributed by atoms with E-state index in [2.05, 4.69) is 36.6 Å². The maximum atomic E-state index is 12.5. The normalized spacial score (nSPS) is 11.6. The van der Waals surface area contributed by atoms with Crippen molar-refractivity contribution < 1.29 is 52.3 Å². The van der Waals surface area contributed by atoms with Crippen LogP contribution in [0.25, 0.3) is 0 Å². The van der Waals surface area contributed by atoms with Gasteiger partial charge in [-0.15, -0.1) is 0 Å². The highest BCUT2D eigenvalue weighted by Crippen LogP contribution is 2.30. The minimum absolute atomic E-state index is 0.0779. The predicted molar refractivity (Wildman–Crippen MR) is 290 cm³/mol. The van der Waals surface area contributed by atoms with Crippen LogP contribution in [0.4, 0.5) is 48.5 Å². The van der Waals surface area contributed by atoms with E-state index in [1.54, 1.807) is 52.8 Å². The van der Waals surface area contributed by atoms with Gasteiger partial charge in [0, 0.05) is 18.2 Å². The first-order valence-corrected chi connectivity index (χ1v) is 25.0. The molecule has 6 rings (SSSR count). The third kappa shape index (κ3) is 20.9. The number of sulfonamides is 1. The van der Waals surface area contributed by atoms with Gasteiger partial charge in [0.25, 0.3) is 21.4 Å². The number of urea groups is 3. The van der Waals surface area contributed by atoms with Crippen molar-refractivity contribution in [2.24, 2.45) is 0 Å². The number of nitriles is 1. The zero-order chi connectivity index (χ0) is 56.7. The van der Waals surface area contributed by atoms with Gasteiger partial charge in [-0.05, 0) is 95.1 Å². The Morgan fingerprint density at radius 2 is 1.10 bits per heavy atom. The van der Waals surface area contributed by atoms with Crippen molar-refractivity contribution in [3.63, 3.8) is 0 Å². The average Bonchev–Trinajstić information content (AvgIpc) is 3.38. The summed E-state index contributed by atoms with van der Waals surface area (Å²) < 4.78 is 38.8. The minimum Gasteiger partial charge on any atom is -0.506 e. The number of carbonyl (C=O) groups excluding carboxylic acids is 3. The summed E-state index contributed by atoms with van der Waals surface area (Å²) in [5, 5.41) is 65.5. The topological polar surface area (TPSA) is 339 Å². The quantitative estimate of drug-likeness (QED) is 0.0207. The van der Waals surface area contributed by atoms with Gasteiger partial charge in [0.1, 0.15) is 11.5 Å². The number of nitrogens with zero attached hydrogens (tertiary/aromatic N) is 3. The molecular weight excluding hydrogens is 1020 g/mol. The van der Waals surface area contributed by atoms with Gasteiger partial charge in [0.15, 0.2) is 0 Å². The Morgan fingerprint density at radius 3 is 1.60 bits per heavy atom. The summed E-state index contributed by atoms with van der Waals surface area (Å²) in [6.07, 6.45) is -0.244. The Hall–Kier alpha value is -9.31. The molecular formula is C53H60N10O13S. The lowest BCUT2D eigenvalue weighted by atomic mass is 10.1. The summed E-state index contributed by atoms with van der Waals surface area (Å²) >= 11 is 0. The molecule has 0 heterocycles. The van der Waals surface area contributed by atoms with E-state index in [9.17, 15) is 53.2 Å². The highest BCUT2D eigenvalue weighted by molar-refractivity contribution is 7.92. The first-order chi connectivity index (χ1) is 36.4. The third-order valence-corrected chi connectivity index (χ3v) is 11.8. The molecule has 2 atom stereocenters. The molecule has 9 N–H and O–H groups in total. The molecule has 23 nitrogen and oxygen atoms in total. The van der Waals surface area contributed by atoms with Crippen molar-refractivity contribution in [3.8, 4) is 17.6 Å². The zero-order valence-corrected chi connectivity index (χ0v) is 43.7. The molecule has 0 aliphatic rings. The second-order valence-electron chi connectivity index (χ2n) is 17.8. The standard InChI is InChI=1S/2C18H21N3O5.C17H18N4O3S/c1-18(2,12-26-11-13-6-4-3-5-7-13)20-17(23)19-15-9-8-14(21(24)25)10-16(15)22;1-12(13(2)26-11-14-6-4-3-5-7-14)19-18(23)20-16-9-8-15(21(24)25)10-17(16)22;1-12(2)19-17(22)20-15-9-8-13(11-18)10-16(15)21-25(23,24)14-6-4-3-5-7-14/h3-10,22H,11-12H2,1-2H3,(H2,19,20,23);3-10,12-13,22H,11H2,1-2H3,(H2,19,20,23);3-10,12,21H,1-2H3,(H2,19,20,22). The fourth-order valence-electron chi connectivity index (χ4n) is 6.43. The van der Waals surface area contributed by atoms with E-state index in [-0.39, 0.29) is 80.9 Å². The van der Waals surface area contributed by atoms with Crippen molar-refractivity contribution in [1.29, 1.82) is 5.26 Å². The number of phenols is 2. The van der Waals surface area contributed by atoms with Gasteiger partial charge in [-0.2, -0.15) is 5.26 Å². The molecule has 0 saturated carbocycles. The molecule has 0 aliphatic carbocycles. The number of rotatable bonds is 19. The van der Waals surface area contributed by atoms with Crippen LogP contribution in [0.3, 0.4) is 0 Å². The van der Waals surface area contributed by atoms with Crippen LogP contribution in [0, 0.1) is 31.6 Å². The molecule has 6 aromatic rings. The summed E-state index contributed by atoms with van der Waals surface area (Å²) in [7, 11) is -3.85. The summed E-state index contributed by atoms with van der Waals surface area (Å²) in [6.45, 7) is 12.0. The Labute approximate surface area is 445 Å². The Morgan fingerprint density at radius 1 is 0.636 bits per heavy atom. The van der Waals surface area contributed by atoms with Crippen molar-refractivity contribution >= 4 is 62.2 Å². The molecule has 77 heavy (non-hydrogen) atoms. The number of carbonyl (C=O) groups is 3. The SMILES string of the molecule is CC(C)(COCc1ccccc1)NC(=O)Nc1ccc([N+](=O)[O-])cc1O.CC(C)NC(=O)Nc1ccc(C#N)cc1NS(=O)(=O)c1ccccc1.CC(NC(=O)Nc1ccc([N+](=O)[O-])cc1O)C(C)OCc1ccccc1. The highest BCUT2D eigenvalue weighted by Gasteiger charge is 2.23. The lowest BCUT2D eigenvalue weighted by Gasteiger charge is -2.26. The van der Waals surface area contributed by atoms with E-state index in [4.69, 9.17) is 14.7 Å². The molecule has 2 unspecified atom stereocenters. The zero-order valence-electron chi connectivity index (χ0n) is 42.8. The smallest absolute Gasteiger partial charge is 0.319 e. The largest absolute Gasteiger partial charge is 0.506 e. The molecule has 6 aromatic carbocycles. The number of aromatic hydroxyl groups is 2. The van der Waals surface area contributed by atoms with Crippen LogP contribution in [0.5, 0.6) is 11.5 Å². The number of hydrogen-bond donors (Lipinski definition) is 9. The Bertz CT molecular complexity index is 3110. The minimum atomic E-state index is -3.85. The number of anilines is 4. The average molecular weight is 1080 g/mol. The van der Waals surface area contributed by atoms with E-state index in [1.807, 2.05) is 73.7 Å². The van der Waals surface area contributed by atoms with Gasteiger partial charge in [-0.25, -0.2) is 22.8 Å². The molecule has 0 spiro atoms. The first kappa shape index (κ1) is 60.2. The number of phenolic OH excluding ortho intramolecular Hbond substituents is 2. The van der Waals surface area contributed by atoms with Crippen molar-refractivity contribution in [2.45, 2.75) is 83.4 Å². The van der Waals surface area contributed by atoms with Gasteiger partial charge in [-0.1, -0.05) is 78.9 Å². The fourth-order valence-corrected chi connectivity index (χ4v) is 7.53. The number of ether oxygens (including phenoxy) is 2.